The first-order valence-electron chi connectivity index (χ1n) is 7.00. The highest BCUT2D eigenvalue weighted by atomic mass is 14.7. The molecule has 0 aliphatic carbocycles. The molecule has 100 valence electrons. The van der Waals surface area contributed by atoms with Gasteiger partial charge in [0.25, 0.3) is 0 Å². The van der Waals surface area contributed by atoms with Crippen molar-refractivity contribution in [3.05, 3.63) is 79.1 Å². The lowest BCUT2D eigenvalue weighted by Gasteiger charge is -2.10. The number of benzene rings is 2. The number of hydrogen-bond acceptors (Lipinski definition) is 1. The van der Waals surface area contributed by atoms with Crippen LogP contribution in [0.5, 0.6) is 0 Å². The van der Waals surface area contributed by atoms with Crippen molar-refractivity contribution in [3.8, 4) is 22.4 Å². The summed E-state index contributed by atoms with van der Waals surface area (Å²) in [5, 5.41) is 1.24. The van der Waals surface area contributed by atoms with E-state index in [9.17, 15) is 0 Å². The Labute approximate surface area is 123 Å². The largest absolute Gasteiger partial charge is 0.361 e. The normalized spacial score (nSPS) is 10.9. The van der Waals surface area contributed by atoms with Crippen LogP contribution in [-0.4, -0.2) is 9.97 Å². The van der Waals surface area contributed by atoms with Crippen LogP contribution in [0.15, 0.2) is 79.1 Å². The van der Waals surface area contributed by atoms with Crippen LogP contribution >= 0.6 is 0 Å². The SMILES string of the molecule is c1ccc(-c2ccccc2-c2cccc3[nH]ccc23)nc1. The average Bonchev–Trinajstić information content (AvgIpc) is 3.04. The fraction of sp³-hybridized carbons (Fsp3) is 0. The topological polar surface area (TPSA) is 28.7 Å². The van der Waals surface area contributed by atoms with Gasteiger partial charge in [0.15, 0.2) is 0 Å². The predicted molar refractivity (Wildman–Crippen MR) is 87.0 cm³/mol. The van der Waals surface area contributed by atoms with Crippen molar-refractivity contribution >= 4 is 10.9 Å². The summed E-state index contributed by atoms with van der Waals surface area (Å²) in [6.07, 6.45) is 3.82. The van der Waals surface area contributed by atoms with Crippen LogP contribution in [0.2, 0.25) is 0 Å². The van der Waals surface area contributed by atoms with Gasteiger partial charge in [-0.25, -0.2) is 0 Å². The molecule has 0 unspecified atom stereocenters. The van der Waals surface area contributed by atoms with Gasteiger partial charge in [-0.2, -0.15) is 0 Å². The van der Waals surface area contributed by atoms with Crippen LogP contribution < -0.4 is 0 Å². The molecule has 0 amide bonds. The van der Waals surface area contributed by atoms with Crippen molar-refractivity contribution in [2.75, 3.05) is 0 Å². The molecule has 1 N–H and O–H groups in total. The van der Waals surface area contributed by atoms with Crippen LogP contribution in [0.4, 0.5) is 0 Å². The molecule has 2 nitrogen and oxygen atoms in total. The van der Waals surface area contributed by atoms with Crippen molar-refractivity contribution in [2.45, 2.75) is 0 Å². The molecule has 0 aliphatic heterocycles. The molecule has 0 radical (unpaired) electrons. The van der Waals surface area contributed by atoms with Crippen LogP contribution in [0.25, 0.3) is 33.3 Å². The van der Waals surface area contributed by atoms with E-state index in [0.29, 0.717) is 0 Å². The van der Waals surface area contributed by atoms with Gasteiger partial charge in [0.05, 0.1) is 5.69 Å². The van der Waals surface area contributed by atoms with E-state index >= 15 is 0 Å². The molecular weight excluding hydrogens is 256 g/mol. The highest BCUT2D eigenvalue weighted by Gasteiger charge is 2.10. The van der Waals surface area contributed by atoms with Crippen LogP contribution in [0, 0.1) is 0 Å². The summed E-state index contributed by atoms with van der Waals surface area (Å²) < 4.78 is 0. The van der Waals surface area contributed by atoms with E-state index in [-0.39, 0.29) is 0 Å². The van der Waals surface area contributed by atoms with Crippen LogP contribution in [0.3, 0.4) is 0 Å². The van der Waals surface area contributed by atoms with Crippen molar-refractivity contribution in [1.29, 1.82) is 0 Å². The van der Waals surface area contributed by atoms with Gasteiger partial charge in [-0.15, -0.1) is 0 Å². The number of rotatable bonds is 2. The standard InChI is InChI=1S/C19H14N2/c1-2-7-16(18-9-3-4-12-20-18)14(6-1)15-8-5-10-19-17(15)11-13-21-19/h1-13,21H. The van der Waals surface area contributed by atoms with Crippen molar-refractivity contribution in [1.82, 2.24) is 9.97 Å². The molecule has 2 aromatic heterocycles. The van der Waals surface area contributed by atoms with Gasteiger partial charge in [-0.1, -0.05) is 42.5 Å². The number of aromatic nitrogens is 2. The summed E-state index contributed by atoms with van der Waals surface area (Å²) in [6.45, 7) is 0. The molecule has 0 atom stereocenters. The summed E-state index contributed by atoms with van der Waals surface area (Å²) in [5.41, 5.74) is 5.76. The molecule has 0 saturated heterocycles. The van der Waals surface area contributed by atoms with Gasteiger partial charge in [-0.05, 0) is 35.4 Å². The molecule has 4 aromatic rings. The fourth-order valence-electron chi connectivity index (χ4n) is 2.78. The number of hydrogen-bond donors (Lipinski definition) is 1. The van der Waals surface area contributed by atoms with Gasteiger partial charge in [0, 0.05) is 28.9 Å². The van der Waals surface area contributed by atoms with Crippen molar-refractivity contribution in [2.24, 2.45) is 0 Å². The Balaban J connectivity index is 2.00. The summed E-state index contributed by atoms with van der Waals surface area (Å²) >= 11 is 0. The Morgan fingerprint density at radius 2 is 1.48 bits per heavy atom. The smallest absolute Gasteiger partial charge is 0.0708 e. The molecule has 2 heterocycles. The number of nitrogens with one attached hydrogen (secondary N) is 1. The molecule has 2 heteroatoms. The van der Waals surface area contributed by atoms with Crippen molar-refractivity contribution in [3.63, 3.8) is 0 Å². The minimum Gasteiger partial charge on any atom is -0.361 e. The number of aromatic amines is 1. The Bertz CT molecular complexity index is 892. The predicted octanol–water partition coefficient (Wildman–Crippen LogP) is 4.90. The Morgan fingerprint density at radius 1 is 0.667 bits per heavy atom. The van der Waals surface area contributed by atoms with E-state index in [1.165, 1.54) is 16.5 Å². The summed E-state index contributed by atoms with van der Waals surface area (Å²) in [7, 11) is 0. The van der Waals surface area contributed by atoms with E-state index in [0.717, 1.165) is 16.8 Å². The molecule has 0 saturated carbocycles. The number of nitrogens with zero attached hydrogens (tertiary/aromatic N) is 1. The first-order chi connectivity index (χ1) is 10.4. The minimum absolute atomic E-state index is 1.00. The van der Waals surface area contributed by atoms with Crippen LogP contribution in [-0.2, 0) is 0 Å². The fourth-order valence-corrected chi connectivity index (χ4v) is 2.78. The van der Waals surface area contributed by atoms with E-state index < -0.39 is 0 Å². The quantitative estimate of drug-likeness (QED) is 0.551. The van der Waals surface area contributed by atoms with Gasteiger partial charge in [-0.3, -0.25) is 4.98 Å². The van der Waals surface area contributed by atoms with E-state index in [2.05, 4.69) is 64.6 Å². The zero-order valence-electron chi connectivity index (χ0n) is 11.5. The maximum absolute atomic E-state index is 4.50. The highest BCUT2D eigenvalue weighted by Crippen LogP contribution is 2.34. The number of H-pyrrole nitrogens is 1. The highest BCUT2D eigenvalue weighted by molar-refractivity contribution is 5.98. The second kappa shape index (κ2) is 4.91. The van der Waals surface area contributed by atoms with Gasteiger partial charge in [0.1, 0.15) is 0 Å². The summed E-state index contributed by atoms with van der Waals surface area (Å²) in [6, 6.07) is 22.9. The van der Waals surface area contributed by atoms with Gasteiger partial charge >= 0.3 is 0 Å². The number of fused-ring (bicyclic) bond motifs is 1. The maximum atomic E-state index is 4.50. The lowest BCUT2D eigenvalue weighted by atomic mass is 9.95. The molecule has 0 spiro atoms. The van der Waals surface area contributed by atoms with Crippen LogP contribution in [0.1, 0.15) is 0 Å². The molecule has 4 rings (SSSR count). The third kappa shape index (κ3) is 2.01. The van der Waals surface area contributed by atoms with E-state index in [1.54, 1.807) is 0 Å². The molecular formula is C19H14N2. The molecule has 0 aliphatic rings. The second-order valence-corrected chi connectivity index (χ2v) is 5.01. The number of pyridine rings is 1. The zero-order chi connectivity index (χ0) is 14.1. The Morgan fingerprint density at radius 3 is 2.33 bits per heavy atom. The van der Waals surface area contributed by atoms with E-state index in [4.69, 9.17) is 0 Å². The average molecular weight is 270 g/mol. The maximum Gasteiger partial charge on any atom is 0.0708 e. The van der Waals surface area contributed by atoms with Gasteiger partial charge in [0.2, 0.25) is 0 Å². The zero-order valence-corrected chi connectivity index (χ0v) is 11.5. The van der Waals surface area contributed by atoms with Crippen molar-refractivity contribution < 1.29 is 0 Å². The van der Waals surface area contributed by atoms with Gasteiger partial charge < -0.3 is 4.98 Å². The molecule has 21 heavy (non-hydrogen) atoms. The molecule has 0 bridgehead atoms. The molecule has 0 fully saturated rings. The summed E-state index contributed by atoms with van der Waals surface area (Å²) in [5.74, 6) is 0. The van der Waals surface area contributed by atoms with E-state index in [1.807, 2.05) is 24.5 Å². The monoisotopic (exact) mass is 270 g/mol. The Hall–Kier alpha value is -2.87. The summed E-state index contributed by atoms with van der Waals surface area (Å²) in [4.78, 5) is 7.77. The minimum atomic E-state index is 1.00. The third-order valence-corrected chi connectivity index (χ3v) is 3.75. The Kier molecular flexibility index (Phi) is 2.79. The third-order valence-electron chi connectivity index (χ3n) is 3.75. The lowest BCUT2D eigenvalue weighted by Crippen LogP contribution is -1.87. The lowest BCUT2D eigenvalue weighted by molar-refractivity contribution is 1.33. The first kappa shape index (κ1) is 11.9. The first-order valence-corrected chi connectivity index (χ1v) is 7.00. The molecule has 2 aromatic carbocycles. The second-order valence-electron chi connectivity index (χ2n) is 5.01.